The minimum Gasteiger partial charge on any atom is -0.496 e. The maximum atomic E-state index is 5.86. The van der Waals surface area contributed by atoms with Gasteiger partial charge in [-0.1, -0.05) is 22.0 Å². The molecule has 1 unspecified atom stereocenters. The van der Waals surface area contributed by atoms with E-state index in [1.807, 2.05) is 29.6 Å². The molecule has 0 spiro atoms. The highest BCUT2D eigenvalue weighted by molar-refractivity contribution is 9.10. The van der Waals surface area contributed by atoms with Gasteiger partial charge in [-0.05, 0) is 49.0 Å². The van der Waals surface area contributed by atoms with E-state index in [9.17, 15) is 0 Å². The highest BCUT2D eigenvalue weighted by Gasteiger charge is 2.30. The van der Waals surface area contributed by atoms with Gasteiger partial charge in [-0.25, -0.2) is 0 Å². The Morgan fingerprint density at radius 1 is 1.36 bits per heavy atom. The Labute approximate surface area is 158 Å². The molecule has 7 heteroatoms. The topological polar surface area (TPSA) is 51.4 Å². The van der Waals surface area contributed by atoms with Crippen LogP contribution in [-0.2, 0) is 6.54 Å². The third kappa shape index (κ3) is 3.49. The van der Waals surface area contributed by atoms with Crippen LogP contribution in [0.2, 0.25) is 0 Å². The molecule has 130 valence electrons. The lowest BCUT2D eigenvalue weighted by Gasteiger charge is -2.25. The minimum atomic E-state index is 0.296. The molecular formula is C18H18BrN3O2S. The second kappa shape index (κ2) is 7.27. The van der Waals surface area contributed by atoms with Crippen molar-refractivity contribution in [3.05, 3.63) is 51.6 Å². The summed E-state index contributed by atoms with van der Waals surface area (Å²) in [5.74, 6) is 2.18. The maximum absolute atomic E-state index is 5.86. The van der Waals surface area contributed by atoms with Gasteiger partial charge in [-0.3, -0.25) is 4.90 Å². The molecule has 5 nitrogen and oxygen atoms in total. The van der Waals surface area contributed by atoms with E-state index in [0.29, 0.717) is 24.4 Å². The Hall–Kier alpha value is -1.70. The van der Waals surface area contributed by atoms with Gasteiger partial charge in [-0.15, -0.1) is 21.5 Å². The number of ether oxygens (including phenoxy) is 1. The van der Waals surface area contributed by atoms with Crippen LogP contribution in [0, 0.1) is 0 Å². The number of thiophene rings is 1. The van der Waals surface area contributed by atoms with E-state index in [1.54, 1.807) is 18.4 Å². The number of nitrogens with zero attached hydrogens (tertiary/aromatic N) is 3. The van der Waals surface area contributed by atoms with Crippen LogP contribution in [0.1, 0.15) is 30.3 Å². The van der Waals surface area contributed by atoms with E-state index in [0.717, 1.165) is 34.5 Å². The van der Waals surface area contributed by atoms with E-state index < -0.39 is 0 Å². The Morgan fingerprint density at radius 3 is 3.08 bits per heavy atom. The summed E-state index contributed by atoms with van der Waals surface area (Å²) in [6, 6.07) is 10.4. The number of likely N-dealkylation sites (tertiary alicyclic amines) is 1. The van der Waals surface area contributed by atoms with E-state index in [4.69, 9.17) is 9.15 Å². The minimum absolute atomic E-state index is 0.296. The zero-order chi connectivity index (χ0) is 17.2. The molecule has 0 amide bonds. The van der Waals surface area contributed by atoms with Crippen molar-refractivity contribution in [2.75, 3.05) is 13.7 Å². The van der Waals surface area contributed by atoms with Gasteiger partial charge in [0.2, 0.25) is 5.89 Å². The van der Waals surface area contributed by atoms with Gasteiger partial charge in [0.05, 0.1) is 18.5 Å². The van der Waals surface area contributed by atoms with Gasteiger partial charge in [0.1, 0.15) is 5.75 Å². The van der Waals surface area contributed by atoms with Crippen LogP contribution in [0.25, 0.3) is 10.8 Å². The smallest absolute Gasteiger partial charge is 0.257 e. The molecule has 1 aromatic carbocycles. The molecule has 1 aliphatic rings. The molecule has 2 aromatic heterocycles. The van der Waals surface area contributed by atoms with E-state index in [-0.39, 0.29) is 0 Å². The van der Waals surface area contributed by atoms with Crippen molar-refractivity contribution in [2.24, 2.45) is 0 Å². The van der Waals surface area contributed by atoms with Crippen LogP contribution >= 0.6 is 27.3 Å². The third-order valence-corrected chi connectivity index (χ3v) is 5.80. The van der Waals surface area contributed by atoms with Gasteiger partial charge in [0.25, 0.3) is 5.89 Å². The molecule has 1 fully saturated rings. The molecule has 1 atom stereocenters. The molecule has 1 aliphatic heterocycles. The van der Waals surface area contributed by atoms with Crippen molar-refractivity contribution < 1.29 is 9.15 Å². The van der Waals surface area contributed by atoms with Gasteiger partial charge in [0.15, 0.2) is 0 Å². The Kier molecular flexibility index (Phi) is 4.87. The summed E-state index contributed by atoms with van der Waals surface area (Å²) in [4.78, 5) is 3.39. The zero-order valence-corrected chi connectivity index (χ0v) is 16.2. The van der Waals surface area contributed by atoms with Crippen LogP contribution in [0.5, 0.6) is 5.75 Å². The van der Waals surface area contributed by atoms with Crippen molar-refractivity contribution in [1.82, 2.24) is 15.1 Å². The first-order valence-electron chi connectivity index (χ1n) is 8.18. The molecule has 4 rings (SSSR count). The van der Waals surface area contributed by atoms with Crippen molar-refractivity contribution >= 4 is 27.3 Å². The lowest BCUT2D eigenvalue weighted by atomic mass is 10.0. The largest absolute Gasteiger partial charge is 0.496 e. The lowest BCUT2D eigenvalue weighted by Crippen LogP contribution is -2.23. The molecule has 1 saturated heterocycles. The first kappa shape index (κ1) is 16.8. The number of hydrogen-bond donors (Lipinski definition) is 0. The Bertz CT molecular complexity index is 850. The highest BCUT2D eigenvalue weighted by Crippen LogP contribution is 2.39. The first-order chi connectivity index (χ1) is 12.2. The number of aromatic nitrogens is 2. The Balaban J connectivity index is 1.55. The van der Waals surface area contributed by atoms with Gasteiger partial charge in [-0.2, -0.15) is 0 Å². The van der Waals surface area contributed by atoms with Crippen molar-refractivity contribution in [1.29, 1.82) is 0 Å². The van der Waals surface area contributed by atoms with Gasteiger partial charge < -0.3 is 9.15 Å². The molecule has 0 aliphatic carbocycles. The molecule has 3 heterocycles. The lowest BCUT2D eigenvalue weighted by molar-refractivity contribution is 0.220. The fourth-order valence-corrected chi connectivity index (χ4v) is 4.35. The summed E-state index contributed by atoms with van der Waals surface area (Å²) in [5.41, 5.74) is 1.20. The molecule has 0 radical (unpaired) electrons. The van der Waals surface area contributed by atoms with Crippen LogP contribution < -0.4 is 4.74 Å². The summed E-state index contributed by atoms with van der Waals surface area (Å²) in [6.45, 7) is 1.66. The molecule has 3 aromatic rings. The highest BCUT2D eigenvalue weighted by atomic mass is 79.9. The zero-order valence-electron chi connectivity index (χ0n) is 13.8. The number of halogens is 1. The average molecular weight is 420 g/mol. The summed E-state index contributed by atoms with van der Waals surface area (Å²) < 4.78 is 12.5. The number of benzene rings is 1. The van der Waals surface area contributed by atoms with Crippen LogP contribution in [0.15, 0.2) is 44.6 Å². The fourth-order valence-electron chi connectivity index (χ4n) is 3.32. The second-order valence-corrected chi connectivity index (χ2v) is 7.86. The number of rotatable bonds is 5. The van der Waals surface area contributed by atoms with E-state index in [2.05, 4.69) is 37.1 Å². The number of hydrogen-bond acceptors (Lipinski definition) is 6. The van der Waals surface area contributed by atoms with Gasteiger partial charge in [0, 0.05) is 16.1 Å². The van der Waals surface area contributed by atoms with Crippen LogP contribution in [-0.4, -0.2) is 28.8 Å². The summed E-state index contributed by atoms with van der Waals surface area (Å²) in [6.07, 6.45) is 2.24. The van der Waals surface area contributed by atoms with E-state index in [1.165, 1.54) is 5.56 Å². The normalized spacial score (nSPS) is 17.9. The Morgan fingerprint density at radius 2 is 2.28 bits per heavy atom. The fraction of sp³-hybridized carbons (Fsp3) is 0.333. The molecule has 0 bridgehead atoms. The van der Waals surface area contributed by atoms with Gasteiger partial charge >= 0.3 is 0 Å². The molecule has 0 N–H and O–H groups in total. The molecular weight excluding hydrogens is 402 g/mol. The van der Waals surface area contributed by atoms with Crippen LogP contribution in [0.4, 0.5) is 0 Å². The summed E-state index contributed by atoms with van der Waals surface area (Å²) in [5, 5.41) is 10.4. The predicted octanol–water partition coefficient (Wildman–Crippen LogP) is 4.91. The van der Waals surface area contributed by atoms with Crippen molar-refractivity contribution in [3.63, 3.8) is 0 Å². The SMILES string of the molecule is COc1ccc(Br)cc1C1CCCN1Cc1nnc(-c2cccs2)o1. The average Bonchev–Trinajstić information content (AvgIpc) is 3.36. The van der Waals surface area contributed by atoms with Crippen LogP contribution in [0.3, 0.4) is 0 Å². The summed E-state index contributed by atoms with van der Waals surface area (Å²) in [7, 11) is 1.72. The maximum Gasteiger partial charge on any atom is 0.257 e. The monoisotopic (exact) mass is 419 g/mol. The second-order valence-electron chi connectivity index (χ2n) is 5.99. The van der Waals surface area contributed by atoms with Crippen molar-refractivity contribution in [2.45, 2.75) is 25.4 Å². The van der Waals surface area contributed by atoms with Crippen molar-refractivity contribution in [3.8, 4) is 16.5 Å². The molecule has 25 heavy (non-hydrogen) atoms. The number of methoxy groups -OCH3 is 1. The quantitative estimate of drug-likeness (QED) is 0.587. The predicted molar refractivity (Wildman–Crippen MR) is 101 cm³/mol. The first-order valence-corrected chi connectivity index (χ1v) is 9.85. The summed E-state index contributed by atoms with van der Waals surface area (Å²) >= 11 is 5.18. The standard InChI is InChI=1S/C18H18BrN3O2S/c1-23-15-7-6-12(19)10-13(15)14-4-2-8-22(14)11-17-20-21-18(24-17)16-5-3-9-25-16/h3,5-7,9-10,14H,2,4,8,11H2,1H3. The molecule has 0 saturated carbocycles. The van der Waals surface area contributed by atoms with E-state index >= 15 is 0 Å². The third-order valence-electron chi connectivity index (χ3n) is 4.45.